The molecule has 2 atom stereocenters. The van der Waals surface area contributed by atoms with E-state index in [-0.39, 0.29) is 29.0 Å². The van der Waals surface area contributed by atoms with Crippen molar-refractivity contribution in [3.8, 4) is 16.9 Å². The minimum absolute atomic E-state index is 0.00331. The second-order valence-corrected chi connectivity index (χ2v) is 18.9. The molecule has 1 aliphatic carbocycles. The fourth-order valence-electron chi connectivity index (χ4n) is 7.45. The Bertz CT molecular complexity index is 1910. The van der Waals surface area contributed by atoms with E-state index in [1.54, 1.807) is 34.6 Å². The van der Waals surface area contributed by atoms with E-state index < -0.39 is 42.9 Å². The highest BCUT2D eigenvalue weighted by Crippen LogP contribution is 2.46. The molecular weight excluding hydrogens is 707 g/mol. The maximum absolute atomic E-state index is 13.8. The Balaban J connectivity index is 0.873. The third kappa shape index (κ3) is 8.10. The molecule has 4 fully saturated rings. The minimum Gasteiger partial charge on any atom is -0.491 e. The minimum atomic E-state index is -3.69. The highest BCUT2D eigenvalue weighted by Gasteiger charge is 2.54. The summed E-state index contributed by atoms with van der Waals surface area (Å²) in [5, 5.41) is 23.6. The van der Waals surface area contributed by atoms with Crippen molar-refractivity contribution < 1.29 is 41.3 Å². The summed E-state index contributed by atoms with van der Waals surface area (Å²) in [5.41, 5.74) is 2.63. The summed E-state index contributed by atoms with van der Waals surface area (Å²) >= 11 is 0. The molecule has 3 aromatic carbocycles. The van der Waals surface area contributed by atoms with Crippen molar-refractivity contribution in [3.05, 3.63) is 78.4 Å². The Morgan fingerprint density at radius 2 is 1.58 bits per heavy atom. The molecule has 0 bridgehead atoms. The maximum atomic E-state index is 13.8. The molecule has 0 amide bonds. The standard InChI is InChI=1S/C38H49N3O9S2/c42-28-38(11-12-38)51(44,45)35-5-2-4-34(22-35)49-27-33(43)24-39-32-23-37(50-26-32)13-15-41(16-14-37)52(46,47)36-6-1-3-31(21-36)30-9-7-29(8-10-30)25-40-17-19-48-20-18-40/h1-10,21-22,32-33,39,42-43H,11-20,23-28H2/t32-,33-/m0/s1. The summed E-state index contributed by atoms with van der Waals surface area (Å²) in [5.74, 6) is 0.333. The lowest BCUT2D eigenvalue weighted by molar-refractivity contribution is -0.0312. The maximum Gasteiger partial charge on any atom is 0.243 e. The first-order valence-electron chi connectivity index (χ1n) is 18.1. The molecular formula is C38H49N3O9S2. The Labute approximate surface area is 306 Å². The normalized spacial score (nSPS) is 22.7. The van der Waals surface area contributed by atoms with E-state index >= 15 is 0 Å². The lowest BCUT2D eigenvalue weighted by atomic mass is 9.88. The molecule has 4 aliphatic rings. The van der Waals surface area contributed by atoms with Gasteiger partial charge in [-0.3, -0.25) is 4.90 Å². The summed E-state index contributed by atoms with van der Waals surface area (Å²) in [6, 6.07) is 21.7. The fourth-order valence-corrected chi connectivity index (χ4v) is 10.8. The van der Waals surface area contributed by atoms with E-state index in [0.717, 1.165) is 44.0 Å². The zero-order valence-electron chi connectivity index (χ0n) is 29.4. The number of rotatable bonds is 14. The van der Waals surface area contributed by atoms with Gasteiger partial charge in [0.25, 0.3) is 0 Å². The smallest absolute Gasteiger partial charge is 0.243 e. The second kappa shape index (κ2) is 15.4. The summed E-state index contributed by atoms with van der Waals surface area (Å²) in [6.07, 6.45) is 1.89. The van der Waals surface area contributed by atoms with E-state index in [1.807, 2.05) is 6.07 Å². The number of sulfonamides is 1. The van der Waals surface area contributed by atoms with Gasteiger partial charge < -0.3 is 29.7 Å². The van der Waals surface area contributed by atoms with Gasteiger partial charge in [-0.05, 0) is 79.1 Å². The first kappa shape index (κ1) is 37.4. The molecule has 12 nitrogen and oxygen atoms in total. The van der Waals surface area contributed by atoms with Gasteiger partial charge in [0.1, 0.15) is 18.5 Å². The number of aliphatic hydroxyl groups excluding tert-OH is 2. The van der Waals surface area contributed by atoms with Crippen LogP contribution in [-0.2, 0) is 35.9 Å². The van der Waals surface area contributed by atoms with Crippen LogP contribution in [0.15, 0.2) is 82.6 Å². The van der Waals surface area contributed by atoms with Gasteiger partial charge in [0.15, 0.2) is 9.84 Å². The lowest BCUT2D eigenvalue weighted by Gasteiger charge is -2.38. The quantitative estimate of drug-likeness (QED) is 0.223. The van der Waals surface area contributed by atoms with E-state index in [0.29, 0.717) is 57.6 Å². The van der Waals surface area contributed by atoms with Crippen molar-refractivity contribution in [1.82, 2.24) is 14.5 Å². The summed E-state index contributed by atoms with van der Waals surface area (Å²) in [4.78, 5) is 2.76. The fraction of sp³-hybridized carbons (Fsp3) is 0.526. The molecule has 282 valence electrons. The summed E-state index contributed by atoms with van der Waals surface area (Å²) < 4.78 is 71.3. The van der Waals surface area contributed by atoms with Gasteiger partial charge in [0, 0.05) is 45.3 Å². The molecule has 0 aromatic heterocycles. The Kier molecular flexibility index (Phi) is 11.1. The first-order chi connectivity index (χ1) is 25.0. The molecule has 14 heteroatoms. The van der Waals surface area contributed by atoms with Crippen LogP contribution >= 0.6 is 0 Å². The largest absolute Gasteiger partial charge is 0.491 e. The number of hydrogen-bond donors (Lipinski definition) is 3. The SMILES string of the molecule is O=S(=O)(c1cccc(-c2ccc(CN3CCOCC3)cc2)c1)N1CCC2(CC1)C[C@H](NC[C@H](O)COc1cccc(S(=O)(=O)C3(CO)CC3)c1)CO2. The number of morpholine rings is 1. The Morgan fingerprint density at radius 3 is 2.29 bits per heavy atom. The molecule has 3 aliphatic heterocycles. The highest BCUT2D eigenvalue weighted by atomic mass is 32.2. The second-order valence-electron chi connectivity index (χ2n) is 14.6. The monoisotopic (exact) mass is 755 g/mol. The van der Waals surface area contributed by atoms with Crippen LogP contribution in [0, 0.1) is 0 Å². The topological polar surface area (TPSA) is 155 Å². The molecule has 3 heterocycles. The van der Waals surface area contributed by atoms with E-state index in [9.17, 15) is 27.0 Å². The number of aliphatic hydroxyl groups is 2. The molecule has 3 aromatic rings. The van der Waals surface area contributed by atoms with Gasteiger partial charge in [0.05, 0.1) is 46.6 Å². The van der Waals surface area contributed by atoms with Crippen LogP contribution in [0.25, 0.3) is 11.1 Å². The number of hydrogen-bond acceptors (Lipinski definition) is 11. The molecule has 0 unspecified atom stereocenters. The zero-order valence-corrected chi connectivity index (χ0v) is 31.0. The van der Waals surface area contributed by atoms with Gasteiger partial charge in [-0.1, -0.05) is 42.5 Å². The number of sulfone groups is 1. The van der Waals surface area contributed by atoms with Crippen molar-refractivity contribution in [2.75, 3.05) is 65.8 Å². The summed E-state index contributed by atoms with van der Waals surface area (Å²) in [7, 11) is -7.37. The molecule has 0 radical (unpaired) electrons. The predicted molar refractivity (Wildman–Crippen MR) is 195 cm³/mol. The van der Waals surface area contributed by atoms with E-state index in [2.05, 4.69) is 34.5 Å². The first-order valence-corrected chi connectivity index (χ1v) is 21.1. The van der Waals surface area contributed by atoms with Crippen LogP contribution in [0.2, 0.25) is 0 Å². The van der Waals surface area contributed by atoms with Crippen molar-refractivity contribution in [3.63, 3.8) is 0 Å². The molecule has 1 saturated carbocycles. The molecule has 3 N–H and O–H groups in total. The number of nitrogens with one attached hydrogen (secondary N) is 1. The Morgan fingerprint density at radius 1 is 0.865 bits per heavy atom. The van der Waals surface area contributed by atoms with Gasteiger partial charge in [0.2, 0.25) is 10.0 Å². The average Bonchev–Trinajstić information content (AvgIpc) is 3.90. The average molecular weight is 756 g/mol. The molecule has 3 saturated heterocycles. The van der Waals surface area contributed by atoms with E-state index in [1.165, 1.54) is 17.7 Å². The van der Waals surface area contributed by atoms with Gasteiger partial charge >= 0.3 is 0 Å². The van der Waals surface area contributed by atoms with Crippen LogP contribution in [-0.4, -0.2) is 125 Å². The summed E-state index contributed by atoms with van der Waals surface area (Å²) in [6.45, 7) is 5.23. The third-order valence-corrected chi connectivity index (χ3v) is 15.4. The van der Waals surface area contributed by atoms with Crippen LogP contribution in [0.5, 0.6) is 5.75 Å². The van der Waals surface area contributed by atoms with Gasteiger partial charge in [-0.2, -0.15) is 4.31 Å². The molecule has 7 rings (SSSR count). The van der Waals surface area contributed by atoms with Crippen LogP contribution in [0.1, 0.15) is 37.7 Å². The van der Waals surface area contributed by atoms with Crippen molar-refractivity contribution in [2.45, 2.75) is 70.9 Å². The lowest BCUT2D eigenvalue weighted by Crippen LogP contribution is -2.47. The van der Waals surface area contributed by atoms with Crippen LogP contribution in [0.3, 0.4) is 0 Å². The van der Waals surface area contributed by atoms with Crippen LogP contribution in [0.4, 0.5) is 0 Å². The molecule has 1 spiro atoms. The predicted octanol–water partition coefficient (Wildman–Crippen LogP) is 2.83. The van der Waals surface area contributed by atoms with Crippen molar-refractivity contribution in [2.24, 2.45) is 0 Å². The number of benzene rings is 3. The zero-order chi connectivity index (χ0) is 36.4. The van der Waals surface area contributed by atoms with Crippen LogP contribution < -0.4 is 10.1 Å². The number of nitrogens with zero attached hydrogens (tertiary/aromatic N) is 2. The number of ether oxygens (including phenoxy) is 3. The van der Waals surface area contributed by atoms with Crippen molar-refractivity contribution >= 4 is 19.9 Å². The molecule has 52 heavy (non-hydrogen) atoms. The van der Waals surface area contributed by atoms with Crippen molar-refractivity contribution in [1.29, 1.82) is 0 Å². The van der Waals surface area contributed by atoms with E-state index in [4.69, 9.17) is 14.2 Å². The third-order valence-electron chi connectivity index (χ3n) is 11.0. The Hall–Kier alpha value is -2.92. The van der Waals surface area contributed by atoms with Gasteiger partial charge in [-0.25, -0.2) is 16.8 Å². The number of piperidine rings is 1. The highest BCUT2D eigenvalue weighted by molar-refractivity contribution is 7.93. The van der Waals surface area contributed by atoms with Gasteiger partial charge in [-0.15, -0.1) is 0 Å².